The van der Waals surface area contributed by atoms with E-state index in [-0.39, 0.29) is 17.7 Å². The maximum absolute atomic E-state index is 13.5. The standard InChI is InChI=1S/C22H27NO4S/c1-2-16-14-18(15-20(16)22(24)23-10-12-27-13-11-23)28(25,26)21-9-5-7-17-6-3-4-8-19(17)21/h3-9,16,18,20H,2,10-15H2,1H3/t16-,18-,20-/m1/s1. The molecule has 1 amide bonds. The number of ether oxygens (including phenoxy) is 1. The molecule has 6 heteroatoms. The van der Waals surface area contributed by atoms with Crippen LogP contribution in [0, 0.1) is 11.8 Å². The predicted octanol–water partition coefficient (Wildman–Crippen LogP) is 3.28. The monoisotopic (exact) mass is 401 g/mol. The van der Waals surface area contributed by atoms with Gasteiger partial charge in [0.25, 0.3) is 0 Å². The molecule has 0 radical (unpaired) electrons. The second-order valence-corrected chi connectivity index (χ2v) is 10.0. The predicted molar refractivity (Wildman–Crippen MR) is 109 cm³/mol. The first-order chi connectivity index (χ1) is 13.5. The SMILES string of the molecule is CC[C@@H]1C[C@@H](S(=O)(=O)c2cccc3ccccc23)C[C@H]1C(=O)N1CCOCC1. The van der Waals surface area contributed by atoms with E-state index in [9.17, 15) is 13.2 Å². The summed E-state index contributed by atoms with van der Waals surface area (Å²) in [5.41, 5.74) is 0. The molecule has 2 aromatic carbocycles. The van der Waals surface area contributed by atoms with E-state index in [1.807, 2.05) is 35.2 Å². The van der Waals surface area contributed by atoms with Crippen molar-refractivity contribution in [1.82, 2.24) is 4.90 Å². The zero-order valence-corrected chi connectivity index (χ0v) is 17.0. The van der Waals surface area contributed by atoms with Crippen LogP contribution in [0.4, 0.5) is 0 Å². The largest absolute Gasteiger partial charge is 0.378 e. The minimum atomic E-state index is -3.50. The number of benzene rings is 2. The minimum Gasteiger partial charge on any atom is -0.378 e. The molecule has 3 atom stereocenters. The van der Waals surface area contributed by atoms with Gasteiger partial charge in [-0.25, -0.2) is 8.42 Å². The Labute approximate surface area is 166 Å². The quantitative estimate of drug-likeness (QED) is 0.789. The first kappa shape index (κ1) is 19.4. The van der Waals surface area contributed by atoms with Crippen molar-refractivity contribution in [2.75, 3.05) is 26.3 Å². The summed E-state index contributed by atoms with van der Waals surface area (Å²) in [6.45, 7) is 4.39. The highest BCUT2D eigenvalue weighted by Gasteiger charge is 2.45. The van der Waals surface area contributed by atoms with E-state index < -0.39 is 15.1 Å². The number of hydrogen-bond acceptors (Lipinski definition) is 4. The number of rotatable bonds is 4. The van der Waals surface area contributed by atoms with Gasteiger partial charge in [-0.1, -0.05) is 49.7 Å². The van der Waals surface area contributed by atoms with Crippen molar-refractivity contribution >= 4 is 26.5 Å². The molecular formula is C22H27NO4S. The Hall–Kier alpha value is -1.92. The molecule has 150 valence electrons. The van der Waals surface area contributed by atoms with E-state index in [2.05, 4.69) is 6.92 Å². The van der Waals surface area contributed by atoms with Crippen LogP contribution >= 0.6 is 0 Å². The highest BCUT2D eigenvalue weighted by atomic mass is 32.2. The van der Waals surface area contributed by atoms with E-state index in [4.69, 9.17) is 4.74 Å². The Morgan fingerprint density at radius 3 is 2.54 bits per heavy atom. The van der Waals surface area contributed by atoms with Gasteiger partial charge in [0.1, 0.15) is 0 Å². The molecule has 0 N–H and O–H groups in total. The number of nitrogens with zero attached hydrogens (tertiary/aromatic N) is 1. The number of amides is 1. The van der Waals surface area contributed by atoms with Crippen molar-refractivity contribution in [2.45, 2.75) is 36.3 Å². The molecule has 4 rings (SSSR count). The van der Waals surface area contributed by atoms with Gasteiger partial charge in [0, 0.05) is 24.4 Å². The lowest BCUT2D eigenvalue weighted by molar-refractivity contribution is -0.140. The van der Waals surface area contributed by atoms with Gasteiger partial charge >= 0.3 is 0 Å². The van der Waals surface area contributed by atoms with Gasteiger partial charge in [-0.05, 0) is 30.2 Å². The normalized spacial score (nSPS) is 25.9. The second kappa shape index (κ2) is 7.84. The first-order valence-corrected chi connectivity index (χ1v) is 11.6. The molecule has 1 aliphatic carbocycles. The molecule has 0 bridgehead atoms. The maximum atomic E-state index is 13.5. The molecule has 0 spiro atoms. The van der Waals surface area contributed by atoms with Crippen LogP contribution in [0.1, 0.15) is 26.2 Å². The summed E-state index contributed by atoms with van der Waals surface area (Å²) < 4.78 is 32.4. The number of morpholine rings is 1. The third kappa shape index (κ3) is 3.44. The maximum Gasteiger partial charge on any atom is 0.226 e. The number of sulfone groups is 1. The van der Waals surface area contributed by atoms with Gasteiger partial charge in [0.05, 0.1) is 23.4 Å². The lowest BCUT2D eigenvalue weighted by atomic mass is 9.92. The second-order valence-electron chi connectivity index (χ2n) is 7.83. The highest BCUT2D eigenvalue weighted by Crippen LogP contribution is 2.42. The van der Waals surface area contributed by atoms with Crippen molar-refractivity contribution in [3.05, 3.63) is 42.5 Å². The molecule has 1 heterocycles. The third-order valence-corrected chi connectivity index (χ3v) is 8.54. The number of carbonyl (C=O) groups is 1. The van der Waals surface area contributed by atoms with E-state index in [1.54, 1.807) is 12.1 Å². The van der Waals surface area contributed by atoms with Crippen LogP contribution in [0.25, 0.3) is 10.8 Å². The van der Waals surface area contributed by atoms with Gasteiger partial charge in [0.15, 0.2) is 9.84 Å². The number of hydrogen-bond donors (Lipinski definition) is 0. The zero-order valence-electron chi connectivity index (χ0n) is 16.2. The van der Waals surface area contributed by atoms with Crippen LogP contribution in [-0.2, 0) is 19.4 Å². The average molecular weight is 402 g/mol. The molecular weight excluding hydrogens is 374 g/mol. The molecule has 1 saturated carbocycles. The fourth-order valence-corrected chi connectivity index (χ4v) is 6.80. The van der Waals surface area contributed by atoms with Gasteiger partial charge in [0.2, 0.25) is 5.91 Å². The summed E-state index contributed by atoms with van der Waals surface area (Å²) in [5.74, 6) is 0.00807. The van der Waals surface area contributed by atoms with Crippen molar-refractivity contribution in [1.29, 1.82) is 0 Å². The van der Waals surface area contributed by atoms with Crippen LogP contribution < -0.4 is 0 Å². The third-order valence-electron chi connectivity index (χ3n) is 6.31. The van der Waals surface area contributed by atoms with E-state index in [0.29, 0.717) is 44.0 Å². The fourth-order valence-electron chi connectivity index (χ4n) is 4.72. The van der Waals surface area contributed by atoms with Crippen molar-refractivity contribution in [3.8, 4) is 0 Å². The average Bonchev–Trinajstić information content (AvgIpc) is 3.18. The summed E-state index contributed by atoms with van der Waals surface area (Å²) in [6.07, 6.45) is 1.80. The molecule has 5 nitrogen and oxygen atoms in total. The van der Waals surface area contributed by atoms with E-state index in [0.717, 1.165) is 17.2 Å². The number of carbonyl (C=O) groups excluding carboxylic acids is 1. The van der Waals surface area contributed by atoms with Crippen molar-refractivity contribution < 1.29 is 17.9 Å². The molecule has 0 unspecified atom stereocenters. The van der Waals surface area contributed by atoms with Crippen molar-refractivity contribution in [2.24, 2.45) is 11.8 Å². The molecule has 28 heavy (non-hydrogen) atoms. The molecule has 1 saturated heterocycles. The molecule has 2 fully saturated rings. The molecule has 0 aromatic heterocycles. The van der Waals surface area contributed by atoms with Crippen LogP contribution in [-0.4, -0.2) is 50.8 Å². The van der Waals surface area contributed by atoms with Crippen LogP contribution in [0.15, 0.2) is 47.4 Å². The molecule has 2 aliphatic rings. The van der Waals surface area contributed by atoms with Crippen molar-refractivity contribution in [3.63, 3.8) is 0 Å². The van der Waals surface area contributed by atoms with Crippen LogP contribution in [0.3, 0.4) is 0 Å². The Bertz CT molecular complexity index is 960. The summed E-state index contributed by atoms with van der Waals surface area (Å²) in [4.78, 5) is 15.3. The van der Waals surface area contributed by atoms with Crippen LogP contribution in [0.5, 0.6) is 0 Å². The van der Waals surface area contributed by atoms with Crippen LogP contribution in [0.2, 0.25) is 0 Å². The lowest BCUT2D eigenvalue weighted by Gasteiger charge is -2.31. The minimum absolute atomic E-state index is 0.103. The summed E-state index contributed by atoms with van der Waals surface area (Å²) >= 11 is 0. The Morgan fingerprint density at radius 2 is 1.79 bits per heavy atom. The van der Waals surface area contributed by atoms with E-state index >= 15 is 0 Å². The fraction of sp³-hybridized carbons (Fsp3) is 0.500. The first-order valence-electron chi connectivity index (χ1n) is 10.1. The van der Waals surface area contributed by atoms with E-state index in [1.165, 1.54) is 0 Å². The van der Waals surface area contributed by atoms with Gasteiger partial charge < -0.3 is 9.64 Å². The highest BCUT2D eigenvalue weighted by molar-refractivity contribution is 7.92. The Kier molecular flexibility index (Phi) is 5.43. The summed E-state index contributed by atoms with van der Waals surface area (Å²) in [7, 11) is -3.50. The summed E-state index contributed by atoms with van der Waals surface area (Å²) in [5, 5.41) is 1.19. The zero-order chi connectivity index (χ0) is 19.7. The summed E-state index contributed by atoms with van der Waals surface area (Å²) in [6, 6.07) is 13.0. The van der Waals surface area contributed by atoms with Gasteiger partial charge in [-0.2, -0.15) is 0 Å². The Balaban J connectivity index is 1.62. The molecule has 1 aliphatic heterocycles. The Morgan fingerprint density at radius 1 is 1.07 bits per heavy atom. The molecule has 2 aromatic rings. The smallest absolute Gasteiger partial charge is 0.226 e. The lowest BCUT2D eigenvalue weighted by Crippen LogP contribution is -2.44. The number of fused-ring (bicyclic) bond motifs is 1. The van der Waals surface area contributed by atoms with Gasteiger partial charge in [-0.3, -0.25) is 4.79 Å². The topological polar surface area (TPSA) is 63.7 Å². The van der Waals surface area contributed by atoms with Gasteiger partial charge in [-0.15, -0.1) is 0 Å².